The largest absolute Gasteiger partial charge is 0.443 e. The van der Waals surface area contributed by atoms with E-state index >= 15 is 0 Å². The van der Waals surface area contributed by atoms with Gasteiger partial charge in [0, 0.05) is 43.8 Å². The first kappa shape index (κ1) is 33.3. The molecule has 2 atom stereocenters. The number of carbonyl (C=O) groups is 4. The summed E-state index contributed by atoms with van der Waals surface area (Å²) >= 11 is 1.30. The van der Waals surface area contributed by atoms with Crippen LogP contribution in [0.15, 0.2) is 40.1 Å². The van der Waals surface area contributed by atoms with Gasteiger partial charge in [-0.1, -0.05) is 44.2 Å². The topological polar surface area (TPSA) is 159 Å². The van der Waals surface area contributed by atoms with Gasteiger partial charge >= 0.3 is 0 Å². The number of aryl methyl sites for hydroxylation is 1. The van der Waals surface area contributed by atoms with Crippen LogP contribution >= 0.6 is 11.3 Å². The third-order valence-electron chi connectivity index (χ3n) is 8.42. The number of hydrogen-bond acceptors (Lipinski definition) is 9. The maximum atomic E-state index is 13.5. The Kier molecular flexibility index (Phi) is 11.2. The molecule has 13 heteroatoms. The molecule has 2 aromatic heterocycles. The minimum Gasteiger partial charge on any atom is -0.443 e. The predicted molar refractivity (Wildman–Crippen MR) is 173 cm³/mol. The highest BCUT2D eigenvalue weighted by molar-refractivity contribution is 7.09. The summed E-state index contributed by atoms with van der Waals surface area (Å²) in [5, 5.41) is 14.6. The molecule has 0 aliphatic carbocycles. The Bertz CT molecular complexity index is 1520. The van der Waals surface area contributed by atoms with E-state index in [1.54, 1.807) is 17.2 Å². The minimum atomic E-state index is -0.606. The molecule has 46 heavy (non-hydrogen) atoms. The van der Waals surface area contributed by atoms with E-state index in [2.05, 4.69) is 31.2 Å². The van der Waals surface area contributed by atoms with Gasteiger partial charge in [-0.05, 0) is 50.8 Å². The molecule has 0 spiro atoms. The normalized spacial score (nSPS) is 21.0. The highest BCUT2D eigenvalue weighted by Gasteiger charge is 2.30. The Morgan fingerprint density at radius 1 is 1.02 bits per heavy atom. The highest BCUT2D eigenvalue weighted by atomic mass is 32.1. The molecule has 2 aliphatic rings. The monoisotopic (exact) mass is 649 g/mol. The Labute approximate surface area is 273 Å². The SMILES string of the molecule is Cc1oc2nc1C(=O)NC(C(C)C)c1nc(cs1)C(=O)NCCN(C(=O)C1CCNCC1)CCCC(=O)N[C@H]2Cc1ccccc1. The number of oxazole rings is 1. The zero-order valence-electron chi connectivity index (χ0n) is 26.6. The second-order valence-corrected chi connectivity index (χ2v) is 13.1. The van der Waals surface area contributed by atoms with E-state index in [9.17, 15) is 19.2 Å². The zero-order valence-corrected chi connectivity index (χ0v) is 27.5. The number of nitrogens with one attached hydrogen (secondary N) is 4. The Balaban J connectivity index is 1.43. The highest BCUT2D eigenvalue weighted by Crippen LogP contribution is 2.27. The lowest BCUT2D eigenvalue weighted by atomic mass is 9.96. The standard InChI is InChI=1S/C33H43N7O5S/c1-20(2)27-32-37-25(19-46-32)29(42)35-15-17-40(33(44)23-11-13-34-14-12-23)16-7-10-26(41)36-24(18-22-8-5-4-6-9-22)31-39-28(21(3)45-31)30(43)38-27/h4-6,8-9,19-20,23-24,27,34H,7,10-18H2,1-3H3,(H,35,42)(H,36,41)(H,38,43)/t24-,27?/m0/s1. The van der Waals surface area contributed by atoms with Crippen molar-refractivity contribution in [3.63, 3.8) is 0 Å². The molecular weight excluding hydrogens is 606 g/mol. The molecule has 1 aromatic carbocycles. The average molecular weight is 650 g/mol. The second-order valence-electron chi connectivity index (χ2n) is 12.2. The van der Waals surface area contributed by atoms with Crippen molar-refractivity contribution in [1.29, 1.82) is 0 Å². The van der Waals surface area contributed by atoms with Gasteiger partial charge in [0.25, 0.3) is 11.8 Å². The third-order valence-corrected chi connectivity index (χ3v) is 9.35. The molecule has 246 valence electrons. The van der Waals surface area contributed by atoms with Crippen LogP contribution in [0.3, 0.4) is 0 Å². The first-order chi connectivity index (χ1) is 22.2. The van der Waals surface area contributed by atoms with Crippen molar-refractivity contribution >= 4 is 35.0 Å². The number of amides is 4. The fraction of sp³-hybridized carbons (Fsp3) is 0.515. The van der Waals surface area contributed by atoms with E-state index in [1.165, 1.54) is 11.3 Å². The van der Waals surface area contributed by atoms with Crippen molar-refractivity contribution < 1.29 is 23.6 Å². The number of hydrogen-bond donors (Lipinski definition) is 4. The second kappa shape index (κ2) is 15.5. The molecule has 2 aliphatic heterocycles. The summed E-state index contributed by atoms with van der Waals surface area (Å²) in [6, 6.07) is 8.63. The van der Waals surface area contributed by atoms with Crippen molar-refractivity contribution in [2.24, 2.45) is 11.8 Å². The first-order valence-corrected chi connectivity index (χ1v) is 16.9. The van der Waals surface area contributed by atoms with Gasteiger partial charge in [-0.25, -0.2) is 9.97 Å². The van der Waals surface area contributed by atoms with Crippen molar-refractivity contribution in [3.05, 3.63) is 69.3 Å². The number of thiazole rings is 1. The molecule has 4 heterocycles. The number of aromatic nitrogens is 2. The maximum Gasteiger partial charge on any atom is 0.274 e. The maximum absolute atomic E-state index is 13.5. The average Bonchev–Trinajstić information content (AvgIpc) is 3.70. The van der Waals surface area contributed by atoms with Gasteiger partial charge in [0.15, 0.2) is 5.69 Å². The van der Waals surface area contributed by atoms with Gasteiger partial charge in [0.05, 0.1) is 6.04 Å². The number of rotatable bonds is 4. The lowest BCUT2D eigenvalue weighted by Crippen LogP contribution is -2.44. The Morgan fingerprint density at radius 3 is 2.52 bits per heavy atom. The summed E-state index contributed by atoms with van der Waals surface area (Å²) in [5.41, 5.74) is 1.36. The summed E-state index contributed by atoms with van der Waals surface area (Å²) in [5.74, 6) is -0.474. The lowest BCUT2D eigenvalue weighted by molar-refractivity contribution is -0.136. The van der Waals surface area contributed by atoms with E-state index in [0.29, 0.717) is 36.7 Å². The van der Waals surface area contributed by atoms with Crippen molar-refractivity contribution in [2.75, 3.05) is 32.7 Å². The number of piperidine rings is 1. The van der Waals surface area contributed by atoms with E-state index in [4.69, 9.17) is 4.42 Å². The van der Waals surface area contributed by atoms with Crippen molar-refractivity contribution in [2.45, 2.75) is 65.0 Å². The smallest absolute Gasteiger partial charge is 0.274 e. The fourth-order valence-corrected chi connectivity index (χ4v) is 6.86. The molecule has 1 unspecified atom stereocenters. The molecule has 1 fully saturated rings. The van der Waals surface area contributed by atoms with Gasteiger partial charge in [0.1, 0.15) is 22.5 Å². The zero-order chi connectivity index (χ0) is 32.6. The van der Waals surface area contributed by atoms with E-state index in [1.807, 2.05) is 44.2 Å². The molecule has 4 amide bonds. The van der Waals surface area contributed by atoms with E-state index in [-0.39, 0.29) is 59.8 Å². The van der Waals surface area contributed by atoms with Crippen LogP contribution in [0.4, 0.5) is 0 Å². The van der Waals surface area contributed by atoms with Crippen LogP contribution in [0.2, 0.25) is 0 Å². The number of nitrogens with zero attached hydrogens (tertiary/aromatic N) is 3. The summed E-state index contributed by atoms with van der Waals surface area (Å²) in [6.07, 6.45) is 2.56. The molecule has 1 saturated heterocycles. The Morgan fingerprint density at radius 2 is 1.78 bits per heavy atom. The predicted octanol–water partition coefficient (Wildman–Crippen LogP) is 3.32. The number of benzene rings is 1. The van der Waals surface area contributed by atoms with Crippen LogP contribution in [0.5, 0.6) is 0 Å². The fourth-order valence-electron chi connectivity index (χ4n) is 5.84. The van der Waals surface area contributed by atoms with Crippen LogP contribution in [-0.2, 0) is 16.0 Å². The molecule has 4 bridgehead atoms. The summed E-state index contributed by atoms with van der Waals surface area (Å²) in [6.45, 7) is 8.14. The van der Waals surface area contributed by atoms with Gasteiger partial charge in [-0.3, -0.25) is 19.2 Å². The summed E-state index contributed by atoms with van der Waals surface area (Å²) in [4.78, 5) is 64.2. The molecule has 0 radical (unpaired) electrons. The third kappa shape index (κ3) is 8.38. The Hall–Kier alpha value is -4.10. The lowest BCUT2D eigenvalue weighted by Gasteiger charge is -2.30. The van der Waals surface area contributed by atoms with Crippen molar-refractivity contribution in [3.8, 4) is 0 Å². The van der Waals surface area contributed by atoms with Gasteiger partial charge in [-0.15, -0.1) is 11.3 Å². The number of fused-ring (bicyclic) bond motifs is 4. The minimum absolute atomic E-state index is 0.0322. The molecule has 0 saturated carbocycles. The van der Waals surface area contributed by atoms with Crippen molar-refractivity contribution in [1.82, 2.24) is 36.1 Å². The van der Waals surface area contributed by atoms with E-state index < -0.39 is 18.0 Å². The van der Waals surface area contributed by atoms with Crippen LogP contribution < -0.4 is 21.3 Å². The quantitative estimate of drug-likeness (QED) is 0.335. The summed E-state index contributed by atoms with van der Waals surface area (Å²) in [7, 11) is 0. The molecule has 4 N–H and O–H groups in total. The molecular formula is C33H43N7O5S. The van der Waals surface area contributed by atoms with Crippen LogP contribution in [0.1, 0.15) is 94.8 Å². The first-order valence-electron chi connectivity index (χ1n) is 16.0. The van der Waals surface area contributed by atoms with Gasteiger partial charge in [0.2, 0.25) is 17.7 Å². The van der Waals surface area contributed by atoms with Gasteiger partial charge < -0.3 is 30.6 Å². The number of carbonyl (C=O) groups excluding carboxylic acids is 4. The van der Waals surface area contributed by atoms with Crippen LogP contribution in [0.25, 0.3) is 0 Å². The molecule has 3 aromatic rings. The molecule has 12 nitrogen and oxygen atoms in total. The summed E-state index contributed by atoms with van der Waals surface area (Å²) < 4.78 is 6.01. The van der Waals surface area contributed by atoms with Gasteiger partial charge in [-0.2, -0.15) is 0 Å². The van der Waals surface area contributed by atoms with E-state index in [0.717, 1.165) is 31.5 Å². The molecule has 5 rings (SSSR count). The van der Waals surface area contributed by atoms with Crippen LogP contribution in [0, 0.1) is 18.8 Å². The van der Waals surface area contributed by atoms with Crippen LogP contribution in [-0.4, -0.2) is 71.2 Å².